The average Bonchev–Trinajstić information content (AvgIpc) is 2.76. The van der Waals surface area contributed by atoms with Crippen LogP contribution in [0.1, 0.15) is 35.2 Å². The van der Waals surface area contributed by atoms with Gasteiger partial charge in [0.25, 0.3) is 0 Å². The summed E-state index contributed by atoms with van der Waals surface area (Å²) in [6.07, 6.45) is 1.53. The van der Waals surface area contributed by atoms with E-state index in [0.29, 0.717) is 15.1 Å². The maximum atomic E-state index is 12.7. The second kappa shape index (κ2) is 10.8. The third-order valence-corrected chi connectivity index (χ3v) is 5.80. The number of amides is 1. The lowest BCUT2D eigenvalue weighted by molar-refractivity contribution is -0.123. The van der Waals surface area contributed by atoms with E-state index in [0.717, 1.165) is 29.5 Å². The van der Waals surface area contributed by atoms with E-state index >= 15 is 0 Å². The van der Waals surface area contributed by atoms with E-state index in [1.807, 2.05) is 66.7 Å². The molecule has 3 rings (SSSR count). The molecule has 0 heterocycles. The zero-order valence-electron chi connectivity index (χ0n) is 16.5. The molecule has 3 aromatic carbocycles. The summed E-state index contributed by atoms with van der Waals surface area (Å²) in [6.45, 7) is 0. The largest absolute Gasteiger partial charge is 0.358 e. The molecule has 0 spiro atoms. The van der Waals surface area contributed by atoms with Crippen molar-refractivity contribution in [1.29, 1.82) is 0 Å². The molecule has 0 radical (unpaired) electrons. The minimum absolute atomic E-state index is 0.109. The van der Waals surface area contributed by atoms with Crippen molar-refractivity contribution >= 4 is 40.7 Å². The van der Waals surface area contributed by atoms with Gasteiger partial charge in [-0.25, -0.2) is 0 Å². The van der Waals surface area contributed by atoms with Crippen LogP contribution >= 0.6 is 34.8 Å². The number of aryl methyl sites for hydroxylation is 1. The first-order valence-corrected chi connectivity index (χ1v) is 10.8. The van der Waals surface area contributed by atoms with E-state index in [-0.39, 0.29) is 11.9 Å². The zero-order valence-corrected chi connectivity index (χ0v) is 18.8. The molecule has 0 fully saturated rings. The van der Waals surface area contributed by atoms with Crippen molar-refractivity contribution in [3.8, 4) is 0 Å². The molecule has 2 atom stereocenters. The molecule has 3 aromatic rings. The van der Waals surface area contributed by atoms with E-state index in [4.69, 9.17) is 34.8 Å². The number of likely N-dealkylation sites (N-methyl/N-ethyl adjacent to an activating group) is 1. The second-order valence-electron chi connectivity index (χ2n) is 7.01. The highest BCUT2D eigenvalue weighted by atomic mass is 35.5. The van der Waals surface area contributed by atoms with Gasteiger partial charge < -0.3 is 5.32 Å². The van der Waals surface area contributed by atoms with E-state index in [1.54, 1.807) is 13.1 Å². The first kappa shape index (κ1) is 22.6. The lowest BCUT2D eigenvalue weighted by Crippen LogP contribution is -2.38. The monoisotopic (exact) mass is 460 g/mol. The summed E-state index contributed by atoms with van der Waals surface area (Å²) in [5.41, 5.74) is 2.95. The van der Waals surface area contributed by atoms with Crippen molar-refractivity contribution in [2.45, 2.75) is 24.9 Å². The first-order valence-electron chi connectivity index (χ1n) is 9.70. The molecule has 2 N–H and O–H groups in total. The van der Waals surface area contributed by atoms with Gasteiger partial charge in [0.05, 0.1) is 0 Å². The standard InChI is InChI=1S/C24H23Cl3N2O/c1-28-24(30)23(17-5-3-2-4-6-17)29-22(20-13-12-19(26)15-21(20)27)14-9-16-7-10-18(25)11-8-16/h2-8,10-13,15,22-23,29H,9,14H2,1H3,(H,28,30)/t22-,23-/m1/s1. The normalized spacial score (nSPS) is 12.9. The molecule has 0 saturated carbocycles. The highest BCUT2D eigenvalue weighted by Crippen LogP contribution is 2.31. The zero-order chi connectivity index (χ0) is 21.5. The van der Waals surface area contributed by atoms with Gasteiger partial charge in [-0.05, 0) is 53.8 Å². The predicted octanol–water partition coefficient (Wildman–Crippen LogP) is 6.40. The summed E-state index contributed by atoms with van der Waals surface area (Å²) in [5, 5.41) is 8.12. The molecule has 6 heteroatoms. The van der Waals surface area contributed by atoms with Gasteiger partial charge >= 0.3 is 0 Å². The van der Waals surface area contributed by atoms with Crippen LogP contribution in [0.2, 0.25) is 15.1 Å². The lowest BCUT2D eigenvalue weighted by atomic mass is 9.96. The molecule has 0 aliphatic carbocycles. The number of halogens is 3. The molecule has 0 bridgehead atoms. The Hall–Kier alpha value is -2.04. The number of rotatable bonds is 8. The summed E-state index contributed by atoms with van der Waals surface area (Å²) in [7, 11) is 1.64. The molecule has 0 unspecified atom stereocenters. The smallest absolute Gasteiger partial charge is 0.241 e. The van der Waals surface area contributed by atoms with Crippen LogP contribution < -0.4 is 10.6 Å². The fourth-order valence-electron chi connectivity index (χ4n) is 3.39. The summed E-state index contributed by atoms with van der Waals surface area (Å²) in [4.78, 5) is 12.7. The quantitative estimate of drug-likeness (QED) is 0.407. The molecule has 30 heavy (non-hydrogen) atoms. The Morgan fingerprint density at radius 3 is 2.20 bits per heavy atom. The number of nitrogens with one attached hydrogen (secondary N) is 2. The molecule has 1 amide bonds. The van der Waals surface area contributed by atoms with Crippen molar-refractivity contribution < 1.29 is 4.79 Å². The van der Waals surface area contributed by atoms with Crippen LogP contribution in [0.25, 0.3) is 0 Å². The van der Waals surface area contributed by atoms with Gasteiger partial charge in [0.15, 0.2) is 0 Å². The molecule has 0 saturated heterocycles. The average molecular weight is 462 g/mol. The SMILES string of the molecule is CNC(=O)[C@H](N[C@H](CCc1ccc(Cl)cc1)c1ccc(Cl)cc1Cl)c1ccccc1. The van der Waals surface area contributed by atoms with E-state index in [2.05, 4.69) is 10.6 Å². The predicted molar refractivity (Wildman–Crippen MR) is 125 cm³/mol. The molecular weight excluding hydrogens is 439 g/mol. The Morgan fingerprint density at radius 2 is 1.57 bits per heavy atom. The first-order chi connectivity index (χ1) is 14.5. The summed E-state index contributed by atoms with van der Waals surface area (Å²) < 4.78 is 0. The van der Waals surface area contributed by atoms with Crippen LogP contribution in [0.5, 0.6) is 0 Å². The van der Waals surface area contributed by atoms with Crippen LogP contribution in [0, 0.1) is 0 Å². The molecule has 0 aliphatic heterocycles. The number of hydrogen-bond donors (Lipinski definition) is 2. The van der Waals surface area contributed by atoms with Gasteiger partial charge in [0.2, 0.25) is 5.91 Å². The Morgan fingerprint density at radius 1 is 0.900 bits per heavy atom. The molecular formula is C24H23Cl3N2O. The summed E-state index contributed by atoms with van der Waals surface area (Å²) >= 11 is 18.6. The van der Waals surface area contributed by atoms with Crippen molar-refractivity contribution in [2.24, 2.45) is 0 Å². The van der Waals surface area contributed by atoms with Gasteiger partial charge in [0, 0.05) is 28.2 Å². The van der Waals surface area contributed by atoms with Gasteiger partial charge in [-0.15, -0.1) is 0 Å². The minimum Gasteiger partial charge on any atom is -0.358 e. The van der Waals surface area contributed by atoms with E-state index < -0.39 is 6.04 Å². The van der Waals surface area contributed by atoms with Crippen LogP contribution in [0.15, 0.2) is 72.8 Å². The maximum Gasteiger partial charge on any atom is 0.241 e. The molecule has 156 valence electrons. The van der Waals surface area contributed by atoms with Crippen molar-refractivity contribution in [1.82, 2.24) is 10.6 Å². The van der Waals surface area contributed by atoms with Gasteiger partial charge in [-0.3, -0.25) is 10.1 Å². The number of carbonyl (C=O) groups is 1. The van der Waals surface area contributed by atoms with Crippen LogP contribution in [0.4, 0.5) is 0 Å². The Labute approximate surface area is 192 Å². The summed E-state index contributed by atoms with van der Waals surface area (Å²) in [6, 6.07) is 22.2. The highest BCUT2D eigenvalue weighted by Gasteiger charge is 2.25. The van der Waals surface area contributed by atoms with Crippen molar-refractivity contribution in [2.75, 3.05) is 7.05 Å². The van der Waals surface area contributed by atoms with Gasteiger partial charge in [-0.2, -0.15) is 0 Å². The molecule has 0 aromatic heterocycles. The van der Waals surface area contributed by atoms with Crippen molar-refractivity contribution in [3.63, 3.8) is 0 Å². The fraction of sp³-hybridized carbons (Fsp3) is 0.208. The minimum atomic E-state index is -0.516. The third kappa shape index (κ3) is 5.99. The molecule has 3 nitrogen and oxygen atoms in total. The highest BCUT2D eigenvalue weighted by molar-refractivity contribution is 6.35. The topological polar surface area (TPSA) is 41.1 Å². The fourth-order valence-corrected chi connectivity index (χ4v) is 4.06. The maximum absolute atomic E-state index is 12.7. The van der Waals surface area contributed by atoms with Crippen LogP contribution in [0.3, 0.4) is 0 Å². The lowest BCUT2D eigenvalue weighted by Gasteiger charge is -2.26. The van der Waals surface area contributed by atoms with Gasteiger partial charge in [-0.1, -0.05) is 83.3 Å². The van der Waals surface area contributed by atoms with Crippen LogP contribution in [-0.2, 0) is 11.2 Å². The Bertz CT molecular complexity index is 978. The van der Waals surface area contributed by atoms with Gasteiger partial charge in [0.1, 0.15) is 6.04 Å². The van der Waals surface area contributed by atoms with Crippen LogP contribution in [-0.4, -0.2) is 13.0 Å². The van der Waals surface area contributed by atoms with E-state index in [9.17, 15) is 4.79 Å². The number of carbonyl (C=O) groups excluding carboxylic acids is 1. The second-order valence-corrected chi connectivity index (χ2v) is 8.29. The Kier molecular flexibility index (Phi) is 8.17. The third-order valence-electron chi connectivity index (χ3n) is 4.98. The number of hydrogen-bond acceptors (Lipinski definition) is 2. The summed E-state index contributed by atoms with van der Waals surface area (Å²) in [5.74, 6) is -0.109. The van der Waals surface area contributed by atoms with E-state index in [1.165, 1.54) is 0 Å². The Balaban J connectivity index is 1.90. The molecule has 0 aliphatic rings. The number of benzene rings is 3. The van der Waals surface area contributed by atoms with Crippen molar-refractivity contribution in [3.05, 3.63) is 105 Å².